The quantitative estimate of drug-likeness (QED) is 0.523. The van der Waals surface area contributed by atoms with Crippen LogP contribution in [0.1, 0.15) is 16.1 Å². The highest BCUT2D eigenvalue weighted by Gasteiger charge is 2.24. The van der Waals surface area contributed by atoms with E-state index in [9.17, 15) is 22.4 Å². The van der Waals surface area contributed by atoms with E-state index in [0.29, 0.717) is 12.1 Å². The maximum absolute atomic E-state index is 13.6. The van der Waals surface area contributed by atoms with Crippen LogP contribution >= 0.6 is 0 Å². The Morgan fingerprint density at radius 2 is 1.57 bits per heavy atom. The average Bonchev–Trinajstić information content (AvgIpc) is 2.82. The third-order valence-corrected chi connectivity index (χ3v) is 2.95. The molecule has 3 aromatic rings. The largest absolute Gasteiger partial charge is 0.449 e. The lowest BCUT2D eigenvalue weighted by atomic mass is 10.1. The Kier molecular flexibility index (Phi) is 3.01. The molecule has 0 saturated heterocycles. The van der Waals surface area contributed by atoms with Gasteiger partial charge in [0.15, 0.2) is 17.2 Å². The summed E-state index contributed by atoms with van der Waals surface area (Å²) in [6.45, 7) is 0. The zero-order valence-electron chi connectivity index (χ0n) is 10.3. The van der Waals surface area contributed by atoms with Crippen LogP contribution in [0.3, 0.4) is 0 Å². The molecule has 0 spiro atoms. The van der Waals surface area contributed by atoms with Gasteiger partial charge in [0, 0.05) is 17.5 Å². The van der Waals surface area contributed by atoms with Crippen molar-refractivity contribution < 1.29 is 26.8 Å². The predicted molar refractivity (Wildman–Crippen MR) is 65.9 cm³/mol. The van der Waals surface area contributed by atoms with Crippen LogP contribution in [0.4, 0.5) is 17.6 Å². The number of rotatable bonds is 2. The Labute approximate surface area is 115 Å². The SMILES string of the molecule is O=C(c1cc2cccc(F)c2o1)c1c(F)cc(F)cc1F. The molecule has 0 N–H and O–H groups in total. The molecule has 0 fully saturated rings. The minimum atomic E-state index is -1.35. The standard InChI is InChI=1S/C15H6F4O2/c16-8-5-10(18)13(11(19)6-8)14(20)12-4-7-2-1-3-9(17)15(7)21-12/h1-6H. The van der Waals surface area contributed by atoms with E-state index in [-0.39, 0.29) is 11.0 Å². The third kappa shape index (κ3) is 2.18. The number of carbonyl (C=O) groups is 1. The van der Waals surface area contributed by atoms with E-state index in [0.717, 1.165) is 6.07 Å². The van der Waals surface area contributed by atoms with E-state index in [2.05, 4.69) is 0 Å². The van der Waals surface area contributed by atoms with Gasteiger partial charge in [0.25, 0.3) is 0 Å². The molecule has 106 valence electrons. The summed E-state index contributed by atoms with van der Waals surface area (Å²) >= 11 is 0. The number of benzene rings is 2. The summed E-state index contributed by atoms with van der Waals surface area (Å²) in [4.78, 5) is 12.1. The molecule has 0 radical (unpaired) electrons. The molecule has 0 aliphatic rings. The van der Waals surface area contributed by atoms with Crippen molar-refractivity contribution in [3.8, 4) is 0 Å². The first-order valence-electron chi connectivity index (χ1n) is 5.84. The highest BCUT2D eigenvalue weighted by molar-refractivity contribution is 6.09. The van der Waals surface area contributed by atoms with Crippen molar-refractivity contribution in [2.24, 2.45) is 0 Å². The molecule has 21 heavy (non-hydrogen) atoms. The van der Waals surface area contributed by atoms with Crippen LogP contribution in [0.15, 0.2) is 40.8 Å². The summed E-state index contributed by atoms with van der Waals surface area (Å²) in [6.07, 6.45) is 0. The summed E-state index contributed by atoms with van der Waals surface area (Å²) in [5.74, 6) is -6.10. The molecule has 2 aromatic carbocycles. The van der Waals surface area contributed by atoms with Gasteiger partial charge in [0.1, 0.15) is 17.5 Å². The summed E-state index contributed by atoms with van der Waals surface area (Å²) in [6, 6.07) is 5.96. The van der Waals surface area contributed by atoms with Crippen LogP contribution in [-0.4, -0.2) is 5.78 Å². The van der Waals surface area contributed by atoms with E-state index in [1.54, 1.807) is 0 Å². The smallest absolute Gasteiger partial charge is 0.234 e. The van der Waals surface area contributed by atoms with Gasteiger partial charge in [-0.2, -0.15) is 0 Å². The van der Waals surface area contributed by atoms with Gasteiger partial charge in [0.2, 0.25) is 5.78 Å². The zero-order valence-corrected chi connectivity index (χ0v) is 10.3. The normalized spacial score (nSPS) is 11.0. The van der Waals surface area contributed by atoms with Crippen LogP contribution in [0.5, 0.6) is 0 Å². The number of furan rings is 1. The molecular weight excluding hydrogens is 288 g/mol. The molecule has 0 aliphatic heterocycles. The topological polar surface area (TPSA) is 30.2 Å². The number of carbonyl (C=O) groups excluding carboxylic acids is 1. The molecule has 0 atom stereocenters. The molecule has 0 amide bonds. The molecule has 0 aliphatic carbocycles. The van der Waals surface area contributed by atoms with E-state index >= 15 is 0 Å². The Hall–Kier alpha value is -2.63. The summed E-state index contributed by atoms with van der Waals surface area (Å²) in [5, 5.41) is 0.279. The lowest BCUT2D eigenvalue weighted by molar-refractivity contribution is 0.100. The van der Waals surface area contributed by atoms with Crippen molar-refractivity contribution in [2.75, 3.05) is 0 Å². The number of fused-ring (bicyclic) bond motifs is 1. The van der Waals surface area contributed by atoms with Crippen LogP contribution in [-0.2, 0) is 0 Å². The van der Waals surface area contributed by atoms with Crippen molar-refractivity contribution >= 4 is 16.8 Å². The van der Waals surface area contributed by atoms with Gasteiger partial charge in [0.05, 0.1) is 5.56 Å². The first kappa shape index (κ1) is 13.4. The molecular formula is C15H6F4O2. The van der Waals surface area contributed by atoms with Crippen LogP contribution in [0, 0.1) is 23.3 Å². The van der Waals surface area contributed by atoms with Crippen molar-refractivity contribution in [3.05, 3.63) is 71.0 Å². The predicted octanol–water partition coefficient (Wildman–Crippen LogP) is 4.22. The molecule has 0 saturated carbocycles. The lowest BCUT2D eigenvalue weighted by Gasteiger charge is -2.02. The minimum absolute atomic E-state index is 0.191. The molecule has 2 nitrogen and oxygen atoms in total. The molecule has 6 heteroatoms. The molecule has 1 heterocycles. The van der Waals surface area contributed by atoms with Gasteiger partial charge in [-0.25, -0.2) is 17.6 Å². The summed E-state index contributed by atoms with van der Waals surface area (Å²) < 4.78 is 58.4. The van der Waals surface area contributed by atoms with Crippen molar-refractivity contribution in [2.45, 2.75) is 0 Å². The van der Waals surface area contributed by atoms with Crippen molar-refractivity contribution in [1.29, 1.82) is 0 Å². The number of hydrogen-bond acceptors (Lipinski definition) is 2. The second kappa shape index (κ2) is 4.73. The summed E-state index contributed by atoms with van der Waals surface area (Å²) in [7, 11) is 0. The summed E-state index contributed by atoms with van der Waals surface area (Å²) in [5.41, 5.74) is -1.14. The molecule has 0 unspecified atom stereocenters. The third-order valence-electron chi connectivity index (χ3n) is 2.95. The van der Waals surface area contributed by atoms with E-state index in [1.807, 2.05) is 0 Å². The Balaban J connectivity index is 2.15. The second-order valence-electron chi connectivity index (χ2n) is 4.34. The fraction of sp³-hybridized carbons (Fsp3) is 0. The van der Waals surface area contributed by atoms with Gasteiger partial charge in [-0.3, -0.25) is 4.79 Å². The van der Waals surface area contributed by atoms with E-state index in [1.165, 1.54) is 18.2 Å². The highest BCUT2D eigenvalue weighted by Crippen LogP contribution is 2.25. The number of hydrogen-bond donors (Lipinski definition) is 0. The minimum Gasteiger partial charge on any atom is -0.449 e. The Morgan fingerprint density at radius 3 is 2.19 bits per heavy atom. The van der Waals surface area contributed by atoms with Gasteiger partial charge in [-0.05, 0) is 12.1 Å². The zero-order chi connectivity index (χ0) is 15.1. The Morgan fingerprint density at radius 1 is 0.905 bits per heavy atom. The maximum Gasteiger partial charge on any atom is 0.234 e. The maximum atomic E-state index is 13.6. The first-order chi connectivity index (χ1) is 9.97. The van der Waals surface area contributed by atoms with Crippen LogP contribution in [0.2, 0.25) is 0 Å². The van der Waals surface area contributed by atoms with E-state index in [4.69, 9.17) is 4.42 Å². The van der Waals surface area contributed by atoms with Crippen molar-refractivity contribution in [1.82, 2.24) is 0 Å². The average molecular weight is 294 g/mol. The first-order valence-corrected chi connectivity index (χ1v) is 5.84. The second-order valence-corrected chi connectivity index (χ2v) is 4.34. The van der Waals surface area contributed by atoms with Crippen molar-refractivity contribution in [3.63, 3.8) is 0 Å². The van der Waals surface area contributed by atoms with Gasteiger partial charge in [-0.1, -0.05) is 12.1 Å². The fourth-order valence-electron chi connectivity index (χ4n) is 2.02. The molecule has 0 bridgehead atoms. The molecule has 3 rings (SSSR count). The van der Waals surface area contributed by atoms with Crippen LogP contribution in [0.25, 0.3) is 11.0 Å². The Bertz CT molecular complexity index is 844. The van der Waals surface area contributed by atoms with Gasteiger partial charge >= 0.3 is 0 Å². The van der Waals surface area contributed by atoms with Gasteiger partial charge in [-0.15, -0.1) is 0 Å². The number of halogens is 4. The number of para-hydroxylation sites is 1. The monoisotopic (exact) mass is 294 g/mol. The number of ketones is 1. The van der Waals surface area contributed by atoms with E-state index < -0.39 is 40.4 Å². The fourth-order valence-corrected chi connectivity index (χ4v) is 2.02. The van der Waals surface area contributed by atoms with Crippen LogP contribution < -0.4 is 0 Å². The highest BCUT2D eigenvalue weighted by atomic mass is 19.1. The lowest BCUT2D eigenvalue weighted by Crippen LogP contribution is -2.07. The molecule has 1 aromatic heterocycles. The van der Waals surface area contributed by atoms with Gasteiger partial charge < -0.3 is 4.42 Å².